The zero-order valence-electron chi connectivity index (χ0n) is 9.27. The van der Waals surface area contributed by atoms with E-state index in [1.807, 2.05) is 0 Å². The van der Waals surface area contributed by atoms with Crippen LogP contribution in [0.25, 0.3) is 0 Å². The summed E-state index contributed by atoms with van der Waals surface area (Å²) in [6, 6.07) is 6.65. The number of para-hydroxylation sites is 1. The van der Waals surface area contributed by atoms with Crippen LogP contribution in [0.4, 0.5) is 0 Å². The van der Waals surface area contributed by atoms with Gasteiger partial charge in [-0.3, -0.25) is 9.05 Å². The average molecular weight is 299 g/mol. The van der Waals surface area contributed by atoms with Crippen LogP contribution in [-0.4, -0.2) is 19.1 Å². The van der Waals surface area contributed by atoms with E-state index in [4.69, 9.17) is 36.8 Å². The lowest BCUT2D eigenvalue weighted by Gasteiger charge is -2.17. The van der Waals surface area contributed by atoms with E-state index in [-0.39, 0.29) is 24.8 Å². The lowest BCUT2D eigenvalue weighted by molar-refractivity contribution is 0.168. The lowest BCUT2D eigenvalue weighted by atomic mass is 10.3. The summed E-state index contributed by atoms with van der Waals surface area (Å²) >= 11 is 11.3. The van der Waals surface area contributed by atoms with Gasteiger partial charge in [0.1, 0.15) is 5.75 Å². The molecule has 0 radical (unpaired) electrons. The molecule has 0 bridgehead atoms. The Morgan fingerprint density at radius 2 is 2.00 bits per heavy atom. The summed E-state index contributed by atoms with van der Waals surface area (Å²) in [4.78, 5) is 0. The molecular weight excluding hydrogens is 286 g/mol. The summed E-state index contributed by atoms with van der Waals surface area (Å²) < 4.78 is 27.3. The standard InChI is InChI=1S/C10H13Cl2O4P/c1-2-14-17(13,15-8-7-11)16-10-6-4-3-5-9(10)12/h3-6H,2,7-8H2,1H3. The van der Waals surface area contributed by atoms with Crippen molar-refractivity contribution in [2.45, 2.75) is 6.92 Å². The van der Waals surface area contributed by atoms with Crippen molar-refractivity contribution in [3.63, 3.8) is 0 Å². The number of alkyl halides is 1. The molecule has 0 amide bonds. The minimum Gasteiger partial charge on any atom is -0.402 e. The van der Waals surface area contributed by atoms with Gasteiger partial charge in [-0.05, 0) is 19.1 Å². The van der Waals surface area contributed by atoms with Gasteiger partial charge < -0.3 is 4.52 Å². The molecule has 96 valence electrons. The smallest absolute Gasteiger partial charge is 0.402 e. The normalized spacial score (nSPS) is 14.3. The maximum atomic E-state index is 12.1. The molecule has 0 saturated heterocycles. The molecular formula is C10H13Cl2O4P. The van der Waals surface area contributed by atoms with Crippen LogP contribution < -0.4 is 4.52 Å². The van der Waals surface area contributed by atoms with Crippen LogP contribution in [0, 0.1) is 0 Å². The van der Waals surface area contributed by atoms with Crippen molar-refractivity contribution < 1.29 is 18.1 Å². The third-order valence-electron chi connectivity index (χ3n) is 1.66. The number of phosphoric acid groups is 1. The fourth-order valence-corrected chi connectivity index (χ4v) is 2.66. The van der Waals surface area contributed by atoms with Gasteiger partial charge in [0, 0.05) is 5.88 Å². The quantitative estimate of drug-likeness (QED) is 0.561. The van der Waals surface area contributed by atoms with Gasteiger partial charge >= 0.3 is 7.82 Å². The molecule has 0 spiro atoms. The van der Waals surface area contributed by atoms with Gasteiger partial charge in [0.2, 0.25) is 0 Å². The van der Waals surface area contributed by atoms with Crippen molar-refractivity contribution >= 4 is 31.0 Å². The zero-order valence-corrected chi connectivity index (χ0v) is 11.7. The number of benzene rings is 1. The van der Waals surface area contributed by atoms with Crippen LogP contribution in [0.5, 0.6) is 5.75 Å². The summed E-state index contributed by atoms with van der Waals surface area (Å²) in [6.07, 6.45) is 0. The Balaban J connectivity index is 2.79. The van der Waals surface area contributed by atoms with E-state index < -0.39 is 7.82 Å². The second-order valence-corrected chi connectivity index (χ2v) is 5.29. The van der Waals surface area contributed by atoms with Crippen LogP contribution in [0.2, 0.25) is 5.02 Å². The van der Waals surface area contributed by atoms with Crippen molar-refractivity contribution in [1.82, 2.24) is 0 Å². The van der Waals surface area contributed by atoms with Gasteiger partial charge in [-0.25, -0.2) is 4.57 Å². The predicted molar refractivity (Wildman–Crippen MR) is 68.0 cm³/mol. The molecule has 0 heterocycles. The molecule has 0 fully saturated rings. The van der Waals surface area contributed by atoms with Crippen molar-refractivity contribution in [3.05, 3.63) is 29.3 Å². The van der Waals surface area contributed by atoms with Gasteiger partial charge in [0.15, 0.2) is 0 Å². The molecule has 0 aliphatic heterocycles. The zero-order chi connectivity index (χ0) is 12.7. The van der Waals surface area contributed by atoms with Crippen molar-refractivity contribution in [1.29, 1.82) is 0 Å². The van der Waals surface area contributed by atoms with E-state index in [9.17, 15) is 4.57 Å². The van der Waals surface area contributed by atoms with Crippen LogP contribution >= 0.6 is 31.0 Å². The average Bonchev–Trinajstić information content (AvgIpc) is 2.30. The van der Waals surface area contributed by atoms with E-state index in [0.29, 0.717) is 5.02 Å². The monoisotopic (exact) mass is 298 g/mol. The first-order valence-electron chi connectivity index (χ1n) is 5.00. The molecule has 1 unspecified atom stereocenters. The Morgan fingerprint density at radius 3 is 2.59 bits per heavy atom. The van der Waals surface area contributed by atoms with E-state index in [2.05, 4.69) is 0 Å². The van der Waals surface area contributed by atoms with E-state index in [1.54, 1.807) is 31.2 Å². The number of rotatable bonds is 7. The predicted octanol–water partition coefficient (Wildman–Crippen LogP) is 4.12. The molecule has 7 heteroatoms. The molecule has 1 atom stereocenters. The van der Waals surface area contributed by atoms with Crippen LogP contribution in [0.3, 0.4) is 0 Å². The second kappa shape index (κ2) is 7.24. The SMILES string of the molecule is CCOP(=O)(OCCCl)Oc1ccccc1Cl. The molecule has 0 saturated carbocycles. The number of hydrogen-bond donors (Lipinski definition) is 0. The van der Waals surface area contributed by atoms with Crippen molar-refractivity contribution in [3.8, 4) is 5.75 Å². The molecule has 0 aliphatic carbocycles. The topological polar surface area (TPSA) is 44.8 Å². The highest BCUT2D eigenvalue weighted by atomic mass is 35.5. The number of halogens is 2. The lowest BCUT2D eigenvalue weighted by Crippen LogP contribution is -2.04. The molecule has 4 nitrogen and oxygen atoms in total. The summed E-state index contributed by atoms with van der Waals surface area (Å²) in [5.74, 6) is 0.448. The van der Waals surface area contributed by atoms with Gasteiger partial charge in [-0.2, -0.15) is 0 Å². The highest BCUT2D eigenvalue weighted by Gasteiger charge is 2.28. The fourth-order valence-electron chi connectivity index (χ4n) is 1.03. The van der Waals surface area contributed by atoms with Crippen LogP contribution in [-0.2, 0) is 13.6 Å². The van der Waals surface area contributed by atoms with Crippen LogP contribution in [0.15, 0.2) is 24.3 Å². The highest BCUT2D eigenvalue weighted by molar-refractivity contribution is 7.48. The molecule has 1 aromatic carbocycles. The Labute approximate surface area is 110 Å². The summed E-state index contributed by atoms with van der Waals surface area (Å²) in [7, 11) is -3.65. The maximum absolute atomic E-state index is 12.1. The van der Waals surface area contributed by atoms with Gasteiger partial charge in [-0.15, -0.1) is 11.6 Å². The molecule has 1 rings (SSSR count). The largest absolute Gasteiger partial charge is 0.530 e. The minimum absolute atomic E-state index is 0.0727. The summed E-state index contributed by atoms with van der Waals surface area (Å²) in [5, 5.41) is 0.335. The molecule has 17 heavy (non-hydrogen) atoms. The molecule has 0 aromatic heterocycles. The first-order chi connectivity index (χ1) is 8.11. The van der Waals surface area contributed by atoms with Gasteiger partial charge in [0.05, 0.1) is 18.2 Å². The first kappa shape index (κ1) is 14.8. The minimum atomic E-state index is -3.65. The molecule has 1 aromatic rings. The van der Waals surface area contributed by atoms with Crippen molar-refractivity contribution in [2.24, 2.45) is 0 Å². The Bertz CT molecular complexity index is 400. The molecule has 0 aliphatic rings. The summed E-state index contributed by atoms with van der Waals surface area (Å²) in [5.41, 5.74) is 0. The van der Waals surface area contributed by atoms with Crippen LogP contribution in [0.1, 0.15) is 6.92 Å². The summed E-state index contributed by atoms with van der Waals surface area (Å²) in [6.45, 7) is 1.96. The Morgan fingerprint density at radius 1 is 1.29 bits per heavy atom. The molecule has 0 N–H and O–H groups in total. The Kier molecular flexibility index (Phi) is 6.31. The first-order valence-corrected chi connectivity index (χ1v) is 7.38. The van der Waals surface area contributed by atoms with E-state index in [1.165, 1.54) is 0 Å². The van der Waals surface area contributed by atoms with E-state index in [0.717, 1.165) is 0 Å². The third kappa shape index (κ3) is 4.86. The second-order valence-electron chi connectivity index (χ2n) is 2.91. The van der Waals surface area contributed by atoms with Gasteiger partial charge in [0.25, 0.3) is 0 Å². The third-order valence-corrected chi connectivity index (χ3v) is 3.62. The van der Waals surface area contributed by atoms with E-state index >= 15 is 0 Å². The van der Waals surface area contributed by atoms with Gasteiger partial charge in [-0.1, -0.05) is 23.7 Å². The fraction of sp³-hybridized carbons (Fsp3) is 0.400. The highest BCUT2D eigenvalue weighted by Crippen LogP contribution is 2.50. The van der Waals surface area contributed by atoms with Crippen molar-refractivity contribution in [2.75, 3.05) is 19.1 Å². The Hall–Kier alpha value is -0.250. The number of hydrogen-bond acceptors (Lipinski definition) is 4. The maximum Gasteiger partial charge on any atom is 0.530 e. The number of phosphoric ester groups is 1.